The summed E-state index contributed by atoms with van der Waals surface area (Å²) in [6.07, 6.45) is 1.58. The van der Waals surface area contributed by atoms with Crippen molar-refractivity contribution in [2.45, 2.75) is 13.5 Å². The lowest BCUT2D eigenvalue weighted by atomic mass is 10.1. The second-order valence-electron chi connectivity index (χ2n) is 6.18. The van der Waals surface area contributed by atoms with Gasteiger partial charge in [0.05, 0.1) is 18.1 Å². The lowest BCUT2D eigenvalue weighted by molar-refractivity contribution is -0.139. The first-order valence-electron chi connectivity index (χ1n) is 8.99. The molecular formula is C21H18ClNO6S. The van der Waals surface area contributed by atoms with Gasteiger partial charge in [-0.25, -0.2) is 4.79 Å². The molecule has 0 saturated carbocycles. The van der Waals surface area contributed by atoms with Crippen LogP contribution >= 0.6 is 23.4 Å². The molecule has 30 heavy (non-hydrogen) atoms. The molecule has 2 amide bonds. The summed E-state index contributed by atoms with van der Waals surface area (Å²) in [7, 11) is 0. The van der Waals surface area contributed by atoms with Crippen molar-refractivity contribution in [2.75, 3.05) is 13.2 Å². The van der Waals surface area contributed by atoms with Crippen LogP contribution in [-0.2, 0) is 16.1 Å². The van der Waals surface area contributed by atoms with Crippen LogP contribution in [0.2, 0.25) is 5.02 Å². The molecule has 2 aromatic carbocycles. The van der Waals surface area contributed by atoms with E-state index in [1.165, 1.54) is 0 Å². The number of carboxylic acid groups (broad SMARTS) is 1. The predicted molar refractivity (Wildman–Crippen MR) is 114 cm³/mol. The molecule has 0 atom stereocenters. The molecule has 1 saturated heterocycles. The number of thioether (sulfide) groups is 1. The quantitative estimate of drug-likeness (QED) is 0.598. The van der Waals surface area contributed by atoms with Crippen molar-refractivity contribution in [3.63, 3.8) is 0 Å². The summed E-state index contributed by atoms with van der Waals surface area (Å²) in [5, 5.41) is 8.89. The molecular weight excluding hydrogens is 430 g/mol. The highest BCUT2D eigenvalue weighted by molar-refractivity contribution is 8.18. The standard InChI is InChI=1S/C21H18ClNO6S/c1-2-28-17-9-13(7-8-16(17)29-12-19(24)25)10-18-20(26)23(21(27)30-18)11-14-5-3-4-6-15(14)22/h3-10H,2,11-12H2,1H3,(H,24,25)/b18-10+. The Labute approximate surface area is 182 Å². The maximum Gasteiger partial charge on any atom is 0.341 e. The van der Waals surface area contributed by atoms with Gasteiger partial charge in [0, 0.05) is 5.02 Å². The number of imide groups is 1. The highest BCUT2D eigenvalue weighted by Crippen LogP contribution is 2.36. The van der Waals surface area contributed by atoms with Crippen molar-refractivity contribution < 1.29 is 29.0 Å². The molecule has 3 rings (SSSR count). The first-order valence-corrected chi connectivity index (χ1v) is 10.2. The SMILES string of the molecule is CCOc1cc(/C=C2/SC(=O)N(Cc3ccccc3Cl)C2=O)ccc1OCC(=O)O. The fourth-order valence-corrected chi connectivity index (χ4v) is 3.76. The minimum atomic E-state index is -1.10. The van der Waals surface area contributed by atoms with Gasteiger partial charge < -0.3 is 14.6 Å². The third-order valence-corrected chi connectivity index (χ3v) is 5.35. The van der Waals surface area contributed by atoms with Gasteiger partial charge in [-0.1, -0.05) is 35.9 Å². The van der Waals surface area contributed by atoms with Crippen molar-refractivity contribution in [3.8, 4) is 11.5 Å². The van der Waals surface area contributed by atoms with Crippen LogP contribution in [0.4, 0.5) is 4.79 Å². The number of carboxylic acids is 1. The topological polar surface area (TPSA) is 93.1 Å². The molecule has 1 fully saturated rings. The molecule has 2 aromatic rings. The van der Waals surface area contributed by atoms with Gasteiger partial charge in [-0.15, -0.1) is 0 Å². The minimum absolute atomic E-state index is 0.0911. The molecule has 0 bridgehead atoms. The normalized spacial score (nSPS) is 15.0. The number of aliphatic carboxylic acids is 1. The molecule has 0 unspecified atom stereocenters. The molecule has 1 heterocycles. The molecule has 1 N–H and O–H groups in total. The van der Waals surface area contributed by atoms with Crippen LogP contribution in [-0.4, -0.2) is 40.3 Å². The smallest absolute Gasteiger partial charge is 0.341 e. The fraction of sp³-hybridized carbons (Fsp3) is 0.190. The highest BCUT2D eigenvalue weighted by atomic mass is 35.5. The van der Waals surface area contributed by atoms with Crippen LogP contribution in [0.1, 0.15) is 18.1 Å². The number of hydrogen-bond donors (Lipinski definition) is 1. The lowest BCUT2D eigenvalue weighted by Crippen LogP contribution is -2.27. The van der Waals surface area contributed by atoms with Crippen LogP contribution in [0, 0.1) is 0 Å². The zero-order valence-corrected chi connectivity index (χ0v) is 17.5. The summed E-state index contributed by atoms with van der Waals surface area (Å²) in [4.78, 5) is 37.2. The summed E-state index contributed by atoms with van der Waals surface area (Å²) >= 11 is 6.98. The second kappa shape index (κ2) is 9.69. The van der Waals surface area contributed by atoms with E-state index in [0.717, 1.165) is 16.7 Å². The third kappa shape index (κ3) is 5.14. The molecule has 0 aromatic heterocycles. The lowest BCUT2D eigenvalue weighted by Gasteiger charge is -2.13. The molecule has 1 aliphatic heterocycles. The van der Waals surface area contributed by atoms with Crippen molar-refractivity contribution in [2.24, 2.45) is 0 Å². The fourth-order valence-electron chi connectivity index (χ4n) is 2.73. The Bertz CT molecular complexity index is 1020. The van der Waals surface area contributed by atoms with Crippen molar-refractivity contribution in [3.05, 3.63) is 63.5 Å². The van der Waals surface area contributed by atoms with E-state index in [0.29, 0.717) is 28.5 Å². The Balaban J connectivity index is 1.81. The molecule has 0 spiro atoms. The molecule has 0 aliphatic carbocycles. The highest BCUT2D eigenvalue weighted by Gasteiger charge is 2.35. The average Bonchev–Trinajstić information content (AvgIpc) is 2.96. The van der Waals surface area contributed by atoms with Gasteiger partial charge in [0.15, 0.2) is 18.1 Å². The van der Waals surface area contributed by atoms with E-state index in [1.54, 1.807) is 55.5 Å². The number of hydrogen-bond acceptors (Lipinski definition) is 6. The number of carbonyl (C=O) groups is 3. The number of rotatable bonds is 8. The van der Waals surface area contributed by atoms with Crippen molar-refractivity contribution in [1.82, 2.24) is 4.90 Å². The molecule has 0 radical (unpaired) electrons. The second-order valence-corrected chi connectivity index (χ2v) is 7.58. The van der Waals surface area contributed by atoms with E-state index < -0.39 is 18.5 Å². The van der Waals surface area contributed by atoms with Gasteiger partial charge in [-0.2, -0.15) is 0 Å². The third-order valence-electron chi connectivity index (χ3n) is 4.08. The maximum absolute atomic E-state index is 12.7. The van der Waals surface area contributed by atoms with Crippen LogP contribution in [0.3, 0.4) is 0 Å². The Morgan fingerprint density at radius 3 is 2.63 bits per heavy atom. The predicted octanol–water partition coefficient (Wildman–Crippen LogP) is 4.44. The Morgan fingerprint density at radius 2 is 1.93 bits per heavy atom. The van der Waals surface area contributed by atoms with Crippen LogP contribution in [0.15, 0.2) is 47.4 Å². The van der Waals surface area contributed by atoms with E-state index in [9.17, 15) is 14.4 Å². The van der Waals surface area contributed by atoms with Gasteiger partial charge in [-0.3, -0.25) is 14.5 Å². The van der Waals surface area contributed by atoms with Gasteiger partial charge in [-0.05, 0) is 54.1 Å². The van der Waals surface area contributed by atoms with E-state index >= 15 is 0 Å². The maximum atomic E-state index is 12.7. The first kappa shape index (κ1) is 21.7. The number of amides is 2. The van der Waals surface area contributed by atoms with Gasteiger partial charge in [0.2, 0.25) is 0 Å². The van der Waals surface area contributed by atoms with Crippen LogP contribution < -0.4 is 9.47 Å². The Morgan fingerprint density at radius 1 is 1.17 bits per heavy atom. The summed E-state index contributed by atoms with van der Waals surface area (Å²) in [6.45, 7) is 1.73. The number of halogens is 1. The summed E-state index contributed by atoms with van der Waals surface area (Å²) in [6, 6.07) is 11.9. The Kier molecular flexibility index (Phi) is 7.02. The van der Waals surface area contributed by atoms with Crippen LogP contribution in [0.25, 0.3) is 6.08 Å². The number of benzene rings is 2. The largest absolute Gasteiger partial charge is 0.490 e. The van der Waals surface area contributed by atoms with Crippen LogP contribution in [0.5, 0.6) is 11.5 Å². The number of ether oxygens (including phenoxy) is 2. The summed E-state index contributed by atoms with van der Waals surface area (Å²) in [5.41, 5.74) is 1.30. The Hall–Kier alpha value is -2.97. The van der Waals surface area contributed by atoms with E-state index in [4.69, 9.17) is 26.2 Å². The van der Waals surface area contributed by atoms with Gasteiger partial charge in [0.25, 0.3) is 11.1 Å². The minimum Gasteiger partial charge on any atom is -0.490 e. The van der Waals surface area contributed by atoms with Crippen molar-refractivity contribution >= 4 is 46.6 Å². The van der Waals surface area contributed by atoms with E-state index in [1.807, 2.05) is 0 Å². The zero-order valence-electron chi connectivity index (χ0n) is 16.0. The molecule has 156 valence electrons. The average molecular weight is 448 g/mol. The zero-order chi connectivity index (χ0) is 21.7. The summed E-state index contributed by atoms with van der Waals surface area (Å²) < 4.78 is 10.7. The van der Waals surface area contributed by atoms with Gasteiger partial charge >= 0.3 is 5.97 Å². The molecule has 9 heteroatoms. The number of carbonyl (C=O) groups excluding carboxylic acids is 2. The molecule has 1 aliphatic rings. The van der Waals surface area contributed by atoms with E-state index in [2.05, 4.69) is 0 Å². The molecule has 7 nitrogen and oxygen atoms in total. The first-order chi connectivity index (χ1) is 14.4. The van der Waals surface area contributed by atoms with Crippen molar-refractivity contribution in [1.29, 1.82) is 0 Å². The number of nitrogens with zero attached hydrogens (tertiary/aromatic N) is 1. The van der Waals surface area contributed by atoms with Gasteiger partial charge in [0.1, 0.15) is 0 Å². The summed E-state index contributed by atoms with van der Waals surface area (Å²) in [5.74, 6) is -0.881. The monoisotopic (exact) mass is 447 g/mol. The van der Waals surface area contributed by atoms with E-state index in [-0.39, 0.29) is 22.4 Å².